The second-order valence-corrected chi connectivity index (χ2v) is 4.20. The lowest BCUT2D eigenvalue weighted by molar-refractivity contribution is -0.192. The minimum absolute atomic E-state index is 0.469. The lowest BCUT2D eigenvalue weighted by Crippen LogP contribution is -2.21. The van der Waals surface area contributed by atoms with E-state index in [1.807, 2.05) is 0 Å². The van der Waals surface area contributed by atoms with Gasteiger partial charge in [0.25, 0.3) is 0 Å². The number of rotatable bonds is 7. The summed E-state index contributed by atoms with van der Waals surface area (Å²) in [6.45, 7) is 4.44. The number of hydrogen-bond donors (Lipinski definition) is 2. The summed E-state index contributed by atoms with van der Waals surface area (Å²) in [4.78, 5) is 8.90. The zero-order valence-electron chi connectivity index (χ0n) is 11.1. The van der Waals surface area contributed by atoms with Crippen LogP contribution < -0.4 is 5.73 Å². The Balaban J connectivity index is 0. The van der Waals surface area contributed by atoms with Crippen LogP contribution in [0, 0.1) is 0 Å². The summed E-state index contributed by atoms with van der Waals surface area (Å²) in [6, 6.07) is 0.469. The van der Waals surface area contributed by atoms with Crippen LogP contribution in [-0.4, -0.2) is 23.3 Å². The van der Waals surface area contributed by atoms with Crippen molar-refractivity contribution in [2.24, 2.45) is 5.73 Å². The monoisotopic (exact) mass is 271 g/mol. The van der Waals surface area contributed by atoms with E-state index >= 15 is 0 Å². The van der Waals surface area contributed by atoms with Crippen LogP contribution in [0.2, 0.25) is 0 Å². The molecule has 0 rings (SSSR count). The molecule has 0 aromatic carbocycles. The molecule has 0 aromatic heterocycles. The van der Waals surface area contributed by atoms with Gasteiger partial charge in [-0.1, -0.05) is 46.0 Å². The normalized spacial score (nSPS) is 12.6. The Morgan fingerprint density at radius 1 is 1.11 bits per heavy atom. The molecular weight excluding hydrogens is 247 g/mol. The second-order valence-electron chi connectivity index (χ2n) is 4.20. The first-order chi connectivity index (χ1) is 8.25. The number of carbonyl (C=O) groups is 1. The Morgan fingerprint density at radius 2 is 1.61 bits per heavy atom. The fourth-order valence-corrected chi connectivity index (χ4v) is 1.35. The third-order valence-corrected chi connectivity index (χ3v) is 2.33. The van der Waals surface area contributed by atoms with E-state index in [9.17, 15) is 13.2 Å². The summed E-state index contributed by atoms with van der Waals surface area (Å²) in [5, 5.41) is 7.12. The molecule has 0 heterocycles. The van der Waals surface area contributed by atoms with Crippen LogP contribution in [0.1, 0.15) is 58.8 Å². The van der Waals surface area contributed by atoms with E-state index in [-0.39, 0.29) is 0 Å². The van der Waals surface area contributed by atoms with E-state index in [2.05, 4.69) is 13.8 Å². The van der Waals surface area contributed by atoms with Gasteiger partial charge in [0.1, 0.15) is 0 Å². The number of halogens is 3. The summed E-state index contributed by atoms with van der Waals surface area (Å²) in [6.07, 6.45) is 3.97. The van der Waals surface area contributed by atoms with Crippen LogP contribution in [0.25, 0.3) is 0 Å². The van der Waals surface area contributed by atoms with Gasteiger partial charge in [0.05, 0.1) is 0 Å². The van der Waals surface area contributed by atoms with Gasteiger partial charge in [0.15, 0.2) is 0 Å². The summed E-state index contributed by atoms with van der Waals surface area (Å²) >= 11 is 0. The highest BCUT2D eigenvalue weighted by atomic mass is 19.4. The number of carboxylic acids is 1. The van der Waals surface area contributed by atoms with Crippen molar-refractivity contribution in [3.63, 3.8) is 0 Å². The van der Waals surface area contributed by atoms with Crippen molar-refractivity contribution in [2.45, 2.75) is 71.0 Å². The van der Waals surface area contributed by atoms with Crippen molar-refractivity contribution in [1.29, 1.82) is 0 Å². The van der Waals surface area contributed by atoms with E-state index in [0.29, 0.717) is 6.04 Å². The molecule has 0 radical (unpaired) electrons. The summed E-state index contributed by atoms with van der Waals surface area (Å²) in [5.74, 6) is -2.76. The molecule has 110 valence electrons. The number of aliphatic carboxylic acids is 1. The van der Waals surface area contributed by atoms with E-state index in [4.69, 9.17) is 15.6 Å². The Kier molecular flexibility index (Phi) is 12.3. The van der Waals surface area contributed by atoms with Crippen LogP contribution >= 0.6 is 0 Å². The first kappa shape index (κ1) is 19.6. The fourth-order valence-electron chi connectivity index (χ4n) is 1.35. The molecule has 0 aromatic rings. The molecule has 0 fully saturated rings. The Labute approximate surface area is 107 Å². The van der Waals surface area contributed by atoms with E-state index in [0.717, 1.165) is 0 Å². The standard InChI is InChI=1S/C10H23N.C2HF3O2/c1-3-5-6-7-9-10(11)8-4-2;3-2(4,5)1(6)7/h10H,3-9,11H2,1-2H3;(H,6,7). The van der Waals surface area contributed by atoms with Crippen molar-refractivity contribution in [3.05, 3.63) is 0 Å². The van der Waals surface area contributed by atoms with E-state index in [1.165, 1.54) is 44.9 Å². The maximum Gasteiger partial charge on any atom is 0.490 e. The molecule has 0 saturated heterocycles. The van der Waals surface area contributed by atoms with Crippen LogP contribution in [0.15, 0.2) is 0 Å². The highest BCUT2D eigenvalue weighted by Crippen LogP contribution is 2.13. The second kappa shape index (κ2) is 11.3. The van der Waals surface area contributed by atoms with Crippen molar-refractivity contribution in [2.75, 3.05) is 0 Å². The largest absolute Gasteiger partial charge is 0.490 e. The molecule has 18 heavy (non-hydrogen) atoms. The zero-order chi connectivity index (χ0) is 14.6. The molecule has 0 amide bonds. The molecule has 1 atom stereocenters. The van der Waals surface area contributed by atoms with Crippen molar-refractivity contribution >= 4 is 5.97 Å². The van der Waals surface area contributed by atoms with E-state index < -0.39 is 12.1 Å². The third-order valence-electron chi connectivity index (χ3n) is 2.33. The number of alkyl halides is 3. The van der Waals surface area contributed by atoms with Crippen LogP contribution in [0.3, 0.4) is 0 Å². The molecule has 0 aliphatic rings. The topological polar surface area (TPSA) is 63.3 Å². The molecule has 0 aliphatic heterocycles. The lowest BCUT2D eigenvalue weighted by Gasteiger charge is -2.08. The first-order valence-electron chi connectivity index (χ1n) is 6.31. The Hall–Kier alpha value is -0.780. The van der Waals surface area contributed by atoms with Gasteiger partial charge in [-0.25, -0.2) is 4.79 Å². The predicted molar refractivity (Wildman–Crippen MR) is 65.3 cm³/mol. The maximum atomic E-state index is 10.6. The molecule has 1 unspecified atom stereocenters. The van der Waals surface area contributed by atoms with Crippen LogP contribution in [0.4, 0.5) is 13.2 Å². The molecule has 3 nitrogen and oxygen atoms in total. The van der Waals surface area contributed by atoms with Crippen LogP contribution in [-0.2, 0) is 4.79 Å². The molecule has 0 aliphatic carbocycles. The molecule has 0 spiro atoms. The van der Waals surface area contributed by atoms with Gasteiger partial charge in [-0.3, -0.25) is 0 Å². The molecule has 3 N–H and O–H groups in total. The highest BCUT2D eigenvalue weighted by molar-refractivity contribution is 5.73. The van der Waals surface area contributed by atoms with Crippen LogP contribution in [0.5, 0.6) is 0 Å². The lowest BCUT2D eigenvalue weighted by atomic mass is 10.0. The quantitative estimate of drug-likeness (QED) is 0.694. The maximum absolute atomic E-state index is 10.6. The van der Waals surface area contributed by atoms with Gasteiger partial charge >= 0.3 is 12.1 Å². The molecule has 0 saturated carbocycles. The molecular formula is C12H24F3NO2. The average molecular weight is 271 g/mol. The average Bonchev–Trinajstić information content (AvgIpc) is 2.24. The summed E-state index contributed by atoms with van der Waals surface area (Å²) < 4.78 is 31.7. The summed E-state index contributed by atoms with van der Waals surface area (Å²) in [7, 11) is 0. The Bertz CT molecular complexity index is 208. The SMILES string of the molecule is CCCCCCC(N)CCC.O=C(O)C(F)(F)F. The fraction of sp³-hybridized carbons (Fsp3) is 0.917. The van der Waals surface area contributed by atoms with Gasteiger partial charge in [0.2, 0.25) is 0 Å². The summed E-state index contributed by atoms with van der Waals surface area (Å²) in [5.41, 5.74) is 5.87. The number of hydrogen-bond acceptors (Lipinski definition) is 2. The molecule has 6 heteroatoms. The van der Waals surface area contributed by atoms with Gasteiger partial charge in [-0.15, -0.1) is 0 Å². The first-order valence-corrected chi connectivity index (χ1v) is 6.31. The third kappa shape index (κ3) is 15.2. The van der Waals surface area contributed by atoms with Gasteiger partial charge in [-0.2, -0.15) is 13.2 Å². The predicted octanol–water partition coefficient (Wildman–Crippen LogP) is 3.72. The minimum atomic E-state index is -5.08. The van der Waals surface area contributed by atoms with Crippen molar-refractivity contribution in [1.82, 2.24) is 0 Å². The highest BCUT2D eigenvalue weighted by Gasteiger charge is 2.38. The van der Waals surface area contributed by atoms with Gasteiger partial charge in [-0.05, 0) is 12.8 Å². The van der Waals surface area contributed by atoms with E-state index in [1.54, 1.807) is 0 Å². The van der Waals surface area contributed by atoms with Gasteiger partial charge in [0, 0.05) is 6.04 Å². The molecule has 0 bridgehead atoms. The minimum Gasteiger partial charge on any atom is -0.475 e. The van der Waals surface area contributed by atoms with Gasteiger partial charge < -0.3 is 10.8 Å². The smallest absolute Gasteiger partial charge is 0.475 e. The number of unbranched alkanes of at least 4 members (excludes halogenated alkanes) is 3. The zero-order valence-corrected chi connectivity index (χ0v) is 11.1. The Morgan fingerprint density at radius 3 is 1.94 bits per heavy atom. The number of nitrogens with two attached hydrogens (primary N) is 1. The van der Waals surface area contributed by atoms with Crippen molar-refractivity contribution < 1.29 is 23.1 Å². The van der Waals surface area contributed by atoms with Crippen molar-refractivity contribution in [3.8, 4) is 0 Å². The number of carboxylic acid groups (broad SMARTS) is 1.